The van der Waals surface area contributed by atoms with Crippen LogP contribution in [0.25, 0.3) is 0 Å². The van der Waals surface area contributed by atoms with E-state index in [1.165, 1.54) is 18.4 Å². The Morgan fingerprint density at radius 1 is 1.43 bits per heavy atom. The number of carbonyl (C=O) groups is 1. The van der Waals surface area contributed by atoms with Crippen LogP contribution in [0.2, 0.25) is 0 Å². The Balaban J connectivity index is 1.71. The van der Waals surface area contributed by atoms with Crippen LogP contribution >= 0.6 is 0 Å². The molecule has 3 atom stereocenters. The number of piperidine rings is 1. The number of rotatable bonds is 5. The molecule has 1 aromatic rings. The number of hydrogen-bond acceptors (Lipinski definition) is 3. The van der Waals surface area contributed by atoms with Crippen molar-refractivity contribution in [3.8, 4) is 0 Å². The minimum Gasteiger partial charge on any atom is -0.481 e. The summed E-state index contributed by atoms with van der Waals surface area (Å²) in [7, 11) is 0. The molecule has 2 aliphatic rings. The molecule has 2 aliphatic heterocycles. The zero-order valence-corrected chi connectivity index (χ0v) is 12.9. The largest absolute Gasteiger partial charge is 0.481 e. The second kappa shape index (κ2) is 5.79. The quantitative estimate of drug-likeness (QED) is 0.906. The van der Waals surface area contributed by atoms with Crippen molar-refractivity contribution in [2.45, 2.75) is 70.6 Å². The summed E-state index contributed by atoms with van der Waals surface area (Å²) < 4.78 is 1.98. The number of carboxylic acids is 1. The Kier molecular flexibility index (Phi) is 4.02. The van der Waals surface area contributed by atoms with Gasteiger partial charge in [-0.05, 0) is 45.4 Å². The molecule has 3 rings (SSSR count). The molecule has 1 N–H and O–H groups in total. The van der Waals surface area contributed by atoms with E-state index in [1.54, 1.807) is 0 Å². The van der Waals surface area contributed by atoms with E-state index in [1.807, 2.05) is 10.9 Å². The standard InChI is InChI=1S/C16H25N3O2/c1-3-18-10-13(9-17-18)11(2)19-14-4-5-15(19)7-12(6-14)8-16(20)21/h9-12,14-15H,3-8H2,1-2H3,(H,20,21). The Morgan fingerprint density at radius 2 is 2.10 bits per heavy atom. The highest BCUT2D eigenvalue weighted by atomic mass is 16.4. The van der Waals surface area contributed by atoms with Crippen LogP contribution in [0.3, 0.4) is 0 Å². The zero-order valence-electron chi connectivity index (χ0n) is 12.9. The first-order valence-corrected chi connectivity index (χ1v) is 8.10. The molecular weight excluding hydrogens is 266 g/mol. The van der Waals surface area contributed by atoms with E-state index in [-0.39, 0.29) is 0 Å². The van der Waals surface area contributed by atoms with Crippen LogP contribution < -0.4 is 0 Å². The van der Waals surface area contributed by atoms with Crippen molar-refractivity contribution in [2.24, 2.45) is 5.92 Å². The summed E-state index contributed by atoms with van der Waals surface area (Å²) in [6, 6.07) is 1.48. The molecule has 3 unspecified atom stereocenters. The van der Waals surface area contributed by atoms with Crippen molar-refractivity contribution >= 4 is 5.97 Å². The lowest BCUT2D eigenvalue weighted by molar-refractivity contribution is -0.138. The van der Waals surface area contributed by atoms with Gasteiger partial charge >= 0.3 is 5.97 Å². The SMILES string of the molecule is CCn1cc(C(C)N2C3CCC2CC(CC(=O)O)C3)cn1. The molecule has 1 aromatic heterocycles. The highest BCUT2D eigenvalue weighted by molar-refractivity contribution is 5.67. The summed E-state index contributed by atoms with van der Waals surface area (Å²) in [5, 5.41) is 13.4. The van der Waals surface area contributed by atoms with Crippen molar-refractivity contribution in [3.05, 3.63) is 18.0 Å². The smallest absolute Gasteiger partial charge is 0.303 e. The van der Waals surface area contributed by atoms with Crippen LogP contribution in [0.1, 0.15) is 57.6 Å². The Bertz CT molecular complexity index is 499. The molecule has 0 radical (unpaired) electrons. The second-order valence-electron chi connectivity index (χ2n) is 6.57. The van der Waals surface area contributed by atoms with E-state index in [4.69, 9.17) is 5.11 Å². The molecular formula is C16H25N3O2. The minimum absolute atomic E-state index is 0.336. The summed E-state index contributed by atoms with van der Waals surface area (Å²) in [5.41, 5.74) is 1.28. The average Bonchev–Trinajstić information content (AvgIpc) is 3.01. The van der Waals surface area contributed by atoms with Gasteiger partial charge in [0.25, 0.3) is 0 Å². The van der Waals surface area contributed by atoms with Crippen LogP contribution in [-0.2, 0) is 11.3 Å². The number of aromatic nitrogens is 2. The molecule has 3 heterocycles. The molecule has 116 valence electrons. The Labute approximate surface area is 125 Å². The van der Waals surface area contributed by atoms with E-state index in [2.05, 4.69) is 30.0 Å². The molecule has 0 amide bonds. The summed E-state index contributed by atoms with van der Waals surface area (Å²) in [6.07, 6.45) is 8.97. The summed E-state index contributed by atoms with van der Waals surface area (Å²) in [4.78, 5) is 13.6. The topological polar surface area (TPSA) is 58.4 Å². The third-order valence-electron chi connectivity index (χ3n) is 5.26. The van der Waals surface area contributed by atoms with Crippen LogP contribution in [-0.4, -0.2) is 37.8 Å². The lowest BCUT2D eigenvalue weighted by atomic mass is 9.87. The highest BCUT2D eigenvalue weighted by Gasteiger charge is 2.43. The van der Waals surface area contributed by atoms with Gasteiger partial charge in [0, 0.05) is 42.9 Å². The van der Waals surface area contributed by atoms with Crippen LogP contribution in [0.5, 0.6) is 0 Å². The number of hydrogen-bond donors (Lipinski definition) is 1. The van der Waals surface area contributed by atoms with Gasteiger partial charge in [-0.15, -0.1) is 0 Å². The molecule has 0 aromatic carbocycles. The fourth-order valence-electron chi connectivity index (χ4n) is 4.31. The van der Waals surface area contributed by atoms with Gasteiger partial charge in [-0.1, -0.05) is 0 Å². The van der Waals surface area contributed by atoms with Gasteiger partial charge in [0.2, 0.25) is 0 Å². The van der Waals surface area contributed by atoms with E-state index < -0.39 is 5.97 Å². The monoisotopic (exact) mass is 291 g/mol. The molecule has 5 heteroatoms. The summed E-state index contributed by atoms with van der Waals surface area (Å²) in [5.74, 6) is -0.285. The maximum absolute atomic E-state index is 10.9. The lowest BCUT2D eigenvalue weighted by Gasteiger charge is -2.42. The van der Waals surface area contributed by atoms with Gasteiger partial charge in [-0.2, -0.15) is 5.10 Å². The summed E-state index contributed by atoms with van der Waals surface area (Å²) >= 11 is 0. The molecule has 0 aliphatic carbocycles. The van der Waals surface area contributed by atoms with Gasteiger partial charge in [0.05, 0.1) is 6.20 Å². The molecule has 0 saturated carbocycles. The van der Waals surface area contributed by atoms with Crippen molar-refractivity contribution in [1.82, 2.24) is 14.7 Å². The molecule has 5 nitrogen and oxygen atoms in total. The molecule has 2 bridgehead atoms. The van der Waals surface area contributed by atoms with E-state index >= 15 is 0 Å². The van der Waals surface area contributed by atoms with Crippen molar-refractivity contribution in [2.75, 3.05) is 0 Å². The van der Waals surface area contributed by atoms with Gasteiger partial charge in [0.1, 0.15) is 0 Å². The van der Waals surface area contributed by atoms with Crippen LogP contribution in [0, 0.1) is 5.92 Å². The number of nitrogens with zero attached hydrogens (tertiary/aromatic N) is 3. The first kappa shape index (κ1) is 14.6. The predicted octanol–water partition coefficient (Wildman–Crippen LogP) is 2.68. The second-order valence-corrected chi connectivity index (χ2v) is 6.57. The third kappa shape index (κ3) is 2.84. The molecule has 2 fully saturated rings. The average molecular weight is 291 g/mol. The maximum Gasteiger partial charge on any atom is 0.303 e. The first-order chi connectivity index (χ1) is 10.1. The number of fused-ring (bicyclic) bond motifs is 2. The van der Waals surface area contributed by atoms with E-state index in [0.29, 0.717) is 30.5 Å². The Hall–Kier alpha value is -1.36. The van der Waals surface area contributed by atoms with Crippen molar-refractivity contribution in [3.63, 3.8) is 0 Å². The Morgan fingerprint density at radius 3 is 2.62 bits per heavy atom. The number of aliphatic carboxylic acids is 1. The van der Waals surface area contributed by atoms with Gasteiger partial charge < -0.3 is 5.11 Å². The van der Waals surface area contributed by atoms with Gasteiger partial charge in [-0.25, -0.2) is 0 Å². The number of carboxylic acid groups (broad SMARTS) is 1. The molecule has 0 spiro atoms. The van der Waals surface area contributed by atoms with Crippen LogP contribution in [0.15, 0.2) is 12.4 Å². The predicted molar refractivity (Wildman–Crippen MR) is 79.9 cm³/mol. The lowest BCUT2D eigenvalue weighted by Crippen LogP contribution is -2.44. The minimum atomic E-state index is -0.648. The zero-order chi connectivity index (χ0) is 15.0. The highest BCUT2D eigenvalue weighted by Crippen LogP contribution is 2.44. The van der Waals surface area contributed by atoms with Crippen LogP contribution in [0.4, 0.5) is 0 Å². The first-order valence-electron chi connectivity index (χ1n) is 8.10. The van der Waals surface area contributed by atoms with E-state index in [0.717, 1.165) is 19.4 Å². The molecule has 21 heavy (non-hydrogen) atoms. The van der Waals surface area contributed by atoms with Crippen molar-refractivity contribution < 1.29 is 9.90 Å². The van der Waals surface area contributed by atoms with Gasteiger partial charge in [0.15, 0.2) is 0 Å². The maximum atomic E-state index is 10.9. The molecule has 2 saturated heterocycles. The normalized spacial score (nSPS) is 30.5. The van der Waals surface area contributed by atoms with Crippen molar-refractivity contribution in [1.29, 1.82) is 0 Å². The van der Waals surface area contributed by atoms with E-state index in [9.17, 15) is 4.79 Å². The van der Waals surface area contributed by atoms with Gasteiger partial charge in [-0.3, -0.25) is 14.4 Å². The fraction of sp³-hybridized carbons (Fsp3) is 0.750. The number of aryl methyl sites for hydroxylation is 1. The fourth-order valence-corrected chi connectivity index (χ4v) is 4.31. The summed E-state index contributed by atoms with van der Waals surface area (Å²) in [6.45, 7) is 5.27. The third-order valence-corrected chi connectivity index (χ3v) is 5.26.